The van der Waals surface area contributed by atoms with Gasteiger partial charge in [0.1, 0.15) is 0 Å². The molecule has 0 aliphatic heterocycles. The molecule has 0 saturated heterocycles. The summed E-state index contributed by atoms with van der Waals surface area (Å²) in [6, 6.07) is 20.7. The van der Waals surface area contributed by atoms with Gasteiger partial charge in [-0.2, -0.15) is 0 Å². The van der Waals surface area contributed by atoms with E-state index >= 15 is 0 Å². The number of nitrogens with zero attached hydrogens (tertiary/aromatic N) is 2. The first-order valence-corrected chi connectivity index (χ1v) is 13.1. The van der Waals surface area contributed by atoms with E-state index in [1.54, 1.807) is 29.2 Å². The van der Waals surface area contributed by atoms with Crippen LogP contribution < -0.4 is 4.90 Å². The number of hydrogen-bond donors (Lipinski definition) is 0. The maximum absolute atomic E-state index is 13.6. The number of carbonyl (C=O) groups excluding carboxylic acids is 1. The van der Waals surface area contributed by atoms with Gasteiger partial charge in [0.25, 0.3) is 5.91 Å². The normalized spacial score (nSPS) is 11.6. The number of hydrogen-bond acceptors (Lipinski definition) is 5. The van der Waals surface area contributed by atoms with E-state index in [1.165, 1.54) is 17.6 Å². The molecule has 4 aromatic rings. The number of amides is 1. The average molecular weight is 465 g/mol. The number of aromatic nitrogens is 1. The summed E-state index contributed by atoms with van der Waals surface area (Å²) in [5.74, 6) is -0.315. The first-order chi connectivity index (χ1) is 15.2. The van der Waals surface area contributed by atoms with Crippen molar-refractivity contribution in [2.24, 2.45) is 0 Å². The summed E-state index contributed by atoms with van der Waals surface area (Å²) in [6.07, 6.45) is 1.19. The Balaban J connectivity index is 1.77. The Hall–Kier alpha value is -3.03. The van der Waals surface area contributed by atoms with Crippen LogP contribution in [0, 0.1) is 13.8 Å². The second kappa shape index (κ2) is 8.84. The Bertz CT molecular complexity index is 1390. The van der Waals surface area contributed by atoms with Crippen LogP contribution in [-0.4, -0.2) is 25.6 Å². The van der Waals surface area contributed by atoms with Gasteiger partial charge in [-0.3, -0.25) is 9.69 Å². The predicted molar refractivity (Wildman–Crippen MR) is 131 cm³/mol. The fourth-order valence-corrected chi connectivity index (χ4v) is 5.52. The highest BCUT2D eigenvalue weighted by Gasteiger charge is 2.23. The summed E-state index contributed by atoms with van der Waals surface area (Å²) in [5, 5.41) is 0.621. The molecule has 7 heteroatoms. The minimum Gasteiger partial charge on any atom is -0.279 e. The predicted octanol–water partition coefficient (Wildman–Crippen LogP) is 5.30. The zero-order valence-electron chi connectivity index (χ0n) is 18.2. The van der Waals surface area contributed by atoms with Crippen LogP contribution in [0.25, 0.3) is 10.2 Å². The molecular formula is C25H24N2O3S2. The van der Waals surface area contributed by atoms with Crippen LogP contribution in [0.3, 0.4) is 0 Å². The minimum atomic E-state index is -3.20. The lowest BCUT2D eigenvalue weighted by atomic mass is 10.1. The molecule has 0 radical (unpaired) electrons. The summed E-state index contributed by atoms with van der Waals surface area (Å²) in [6.45, 7) is 4.45. The smallest absolute Gasteiger partial charge is 0.260 e. The molecule has 5 nitrogen and oxygen atoms in total. The van der Waals surface area contributed by atoms with Gasteiger partial charge in [-0.15, -0.1) is 0 Å². The van der Waals surface area contributed by atoms with Crippen molar-refractivity contribution in [1.82, 2.24) is 4.98 Å². The van der Waals surface area contributed by atoms with E-state index in [0.29, 0.717) is 22.8 Å². The lowest BCUT2D eigenvalue weighted by Gasteiger charge is -2.20. The molecule has 164 valence electrons. The monoisotopic (exact) mass is 464 g/mol. The maximum Gasteiger partial charge on any atom is 0.260 e. The second-order valence-corrected chi connectivity index (χ2v) is 11.2. The molecule has 0 aliphatic carbocycles. The van der Waals surface area contributed by atoms with Crippen LogP contribution in [0.2, 0.25) is 0 Å². The molecule has 4 rings (SSSR count). The van der Waals surface area contributed by atoms with Crippen molar-refractivity contribution >= 4 is 42.4 Å². The van der Waals surface area contributed by atoms with Crippen molar-refractivity contribution in [3.8, 4) is 0 Å². The molecule has 0 spiro atoms. The molecule has 1 amide bonds. The first kappa shape index (κ1) is 22.2. The molecule has 0 fully saturated rings. The van der Waals surface area contributed by atoms with Gasteiger partial charge in [-0.1, -0.05) is 59.9 Å². The molecule has 32 heavy (non-hydrogen) atoms. The number of thiazole rings is 1. The lowest BCUT2D eigenvalue weighted by molar-refractivity contribution is 0.0985. The fraction of sp³-hybridized carbons (Fsp3) is 0.200. The number of rotatable bonds is 6. The molecule has 1 aromatic heterocycles. The van der Waals surface area contributed by atoms with Gasteiger partial charge in [0.2, 0.25) is 0 Å². The molecule has 0 aliphatic rings. The molecule has 0 atom stereocenters. The van der Waals surface area contributed by atoms with Crippen LogP contribution in [0.1, 0.15) is 32.6 Å². The van der Waals surface area contributed by atoms with E-state index in [1.807, 2.05) is 43.3 Å². The van der Waals surface area contributed by atoms with Crippen molar-refractivity contribution in [3.05, 3.63) is 94.5 Å². The highest BCUT2D eigenvalue weighted by Crippen LogP contribution is 2.33. The third-order valence-electron chi connectivity index (χ3n) is 5.07. The largest absolute Gasteiger partial charge is 0.279 e. The van der Waals surface area contributed by atoms with Crippen molar-refractivity contribution in [2.45, 2.75) is 26.1 Å². The fourth-order valence-electron chi connectivity index (χ4n) is 3.73. The topological polar surface area (TPSA) is 67.3 Å². The third kappa shape index (κ3) is 5.06. The molecule has 3 aromatic carbocycles. The number of carbonyl (C=O) groups is 1. The Kier molecular flexibility index (Phi) is 6.13. The number of fused-ring (bicyclic) bond motifs is 1. The number of anilines is 1. The second-order valence-electron chi connectivity index (χ2n) is 8.07. The van der Waals surface area contributed by atoms with E-state index in [9.17, 15) is 13.2 Å². The Morgan fingerprint density at radius 3 is 2.41 bits per heavy atom. The lowest BCUT2D eigenvalue weighted by Crippen LogP contribution is -2.30. The molecular weight excluding hydrogens is 440 g/mol. The van der Waals surface area contributed by atoms with Crippen LogP contribution in [0.5, 0.6) is 0 Å². The first-order valence-electron chi connectivity index (χ1n) is 10.2. The van der Waals surface area contributed by atoms with E-state index in [0.717, 1.165) is 26.9 Å². The van der Waals surface area contributed by atoms with Crippen molar-refractivity contribution < 1.29 is 13.2 Å². The summed E-state index contributed by atoms with van der Waals surface area (Å²) >= 11 is 1.50. The standard InChI is InChI=1S/C25H24N2O3S2/c1-17-12-18(2)23-22(13-17)26-25(31-23)27(15-19-8-5-4-6-9-19)24(28)21-11-7-10-20(14-21)16-32(3,29)30/h4-14H,15-16H2,1-3H3. The Morgan fingerprint density at radius 2 is 1.69 bits per heavy atom. The third-order valence-corrected chi connectivity index (χ3v) is 7.16. The van der Waals surface area contributed by atoms with Gasteiger partial charge in [-0.05, 0) is 54.3 Å². The van der Waals surface area contributed by atoms with Crippen LogP contribution >= 0.6 is 11.3 Å². The van der Waals surface area contributed by atoms with E-state index in [4.69, 9.17) is 4.98 Å². The summed E-state index contributed by atoms with van der Waals surface area (Å²) < 4.78 is 24.5. The van der Waals surface area contributed by atoms with Gasteiger partial charge in [0.05, 0.1) is 22.5 Å². The van der Waals surface area contributed by atoms with Crippen molar-refractivity contribution in [1.29, 1.82) is 0 Å². The van der Waals surface area contributed by atoms with Gasteiger partial charge >= 0.3 is 0 Å². The van der Waals surface area contributed by atoms with Crippen molar-refractivity contribution in [2.75, 3.05) is 11.2 Å². The zero-order chi connectivity index (χ0) is 22.9. The van der Waals surface area contributed by atoms with E-state index in [-0.39, 0.29) is 11.7 Å². The summed E-state index contributed by atoms with van der Waals surface area (Å²) in [4.78, 5) is 20.1. The zero-order valence-corrected chi connectivity index (χ0v) is 19.8. The molecule has 1 heterocycles. The van der Waals surface area contributed by atoms with E-state index in [2.05, 4.69) is 13.0 Å². The quantitative estimate of drug-likeness (QED) is 0.388. The number of aryl methyl sites for hydroxylation is 2. The van der Waals surface area contributed by atoms with Crippen LogP contribution in [-0.2, 0) is 22.1 Å². The van der Waals surface area contributed by atoms with E-state index < -0.39 is 9.84 Å². The summed E-state index contributed by atoms with van der Waals surface area (Å²) in [7, 11) is -3.20. The highest BCUT2D eigenvalue weighted by molar-refractivity contribution is 7.89. The molecule has 0 N–H and O–H groups in total. The molecule has 0 bridgehead atoms. The average Bonchev–Trinajstić information content (AvgIpc) is 3.15. The van der Waals surface area contributed by atoms with Crippen LogP contribution in [0.4, 0.5) is 5.13 Å². The van der Waals surface area contributed by atoms with Gasteiger partial charge < -0.3 is 0 Å². The van der Waals surface area contributed by atoms with Crippen molar-refractivity contribution in [3.63, 3.8) is 0 Å². The SMILES string of the molecule is Cc1cc(C)c2sc(N(Cc3ccccc3)C(=O)c3cccc(CS(C)(=O)=O)c3)nc2c1. The highest BCUT2D eigenvalue weighted by atomic mass is 32.2. The Morgan fingerprint density at radius 1 is 0.969 bits per heavy atom. The molecule has 0 unspecified atom stereocenters. The Labute approximate surface area is 192 Å². The van der Waals surface area contributed by atoms with Gasteiger partial charge in [0.15, 0.2) is 15.0 Å². The van der Waals surface area contributed by atoms with Crippen LogP contribution in [0.15, 0.2) is 66.7 Å². The minimum absolute atomic E-state index is 0.105. The number of benzene rings is 3. The number of sulfone groups is 1. The van der Waals surface area contributed by atoms with Gasteiger partial charge in [-0.25, -0.2) is 13.4 Å². The maximum atomic E-state index is 13.6. The molecule has 0 saturated carbocycles. The van der Waals surface area contributed by atoms with Gasteiger partial charge in [0, 0.05) is 11.8 Å². The summed E-state index contributed by atoms with van der Waals surface area (Å²) in [5.41, 5.74) is 5.15.